The highest BCUT2D eigenvalue weighted by Crippen LogP contribution is 2.27. The number of rotatable bonds is 5. The van der Waals surface area contributed by atoms with Gasteiger partial charge >= 0.3 is 0 Å². The SMILES string of the molecule is O=c1c(NC2CCCO2)nc2ccc(-c3ccc(F)cc3)nc2n1CC1CCCCC1. The molecule has 0 radical (unpaired) electrons. The summed E-state index contributed by atoms with van der Waals surface area (Å²) in [4.78, 5) is 22.8. The van der Waals surface area contributed by atoms with Crippen LogP contribution >= 0.6 is 0 Å². The topological polar surface area (TPSA) is 69.0 Å². The van der Waals surface area contributed by atoms with Crippen LogP contribution in [0.25, 0.3) is 22.4 Å². The molecule has 1 atom stereocenters. The smallest absolute Gasteiger partial charge is 0.295 e. The minimum absolute atomic E-state index is 0.155. The molecule has 3 aromatic rings. The Kier molecular flexibility index (Phi) is 5.68. The van der Waals surface area contributed by atoms with Crippen LogP contribution in [0.4, 0.5) is 10.2 Å². The number of nitrogens with one attached hydrogen (secondary N) is 1. The van der Waals surface area contributed by atoms with Crippen LogP contribution in [0.5, 0.6) is 0 Å². The molecule has 2 aliphatic rings. The van der Waals surface area contributed by atoms with E-state index in [0.29, 0.717) is 41.7 Å². The minimum Gasteiger partial charge on any atom is -0.359 e. The van der Waals surface area contributed by atoms with Gasteiger partial charge in [-0.1, -0.05) is 19.3 Å². The summed E-state index contributed by atoms with van der Waals surface area (Å²) in [6.07, 6.45) is 7.60. The van der Waals surface area contributed by atoms with E-state index in [0.717, 1.165) is 31.2 Å². The maximum absolute atomic E-state index is 13.4. The Morgan fingerprint density at radius 2 is 1.81 bits per heavy atom. The molecule has 2 aromatic heterocycles. The van der Waals surface area contributed by atoms with Crippen LogP contribution < -0.4 is 10.9 Å². The number of pyridine rings is 1. The normalized spacial score (nSPS) is 19.7. The average Bonchev–Trinajstić information content (AvgIpc) is 3.31. The quantitative estimate of drug-likeness (QED) is 0.644. The van der Waals surface area contributed by atoms with E-state index in [1.165, 1.54) is 31.4 Å². The van der Waals surface area contributed by atoms with Gasteiger partial charge in [0.05, 0.1) is 5.69 Å². The van der Waals surface area contributed by atoms with Gasteiger partial charge in [0.2, 0.25) is 0 Å². The summed E-state index contributed by atoms with van der Waals surface area (Å²) in [5, 5.41) is 3.20. The Morgan fingerprint density at radius 1 is 1.00 bits per heavy atom. The molecular weight excluding hydrogens is 395 g/mol. The van der Waals surface area contributed by atoms with Crippen LogP contribution in [0.15, 0.2) is 41.2 Å². The number of aromatic nitrogens is 3. The zero-order chi connectivity index (χ0) is 21.2. The molecule has 1 N–H and O–H groups in total. The number of halogens is 1. The van der Waals surface area contributed by atoms with Crippen molar-refractivity contribution in [3.8, 4) is 11.3 Å². The van der Waals surface area contributed by atoms with Crippen LogP contribution in [0.1, 0.15) is 44.9 Å². The Hall–Kier alpha value is -2.80. The van der Waals surface area contributed by atoms with Crippen molar-refractivity contribution < 1.29 is 9.13 Å². The zero-order valence-electron chi connectivity index (χ0n) is 17.5. The zero-order valence-corrected chi connectivity index (χ0v) is 17.5. The van der Waals surface area contributed by atoms with Gasteiger partial charge in [0.25, 0.3) is 5.56 Å². The Labute approximate surface area is 180 Å². The number of benzene rings is 1. The summed E-state index contributed by atoms with van der Waals surface area (Å²) in [6.45, 7) is 1.34. The van der Waals surface area contributed by atoms with E-state index in [1.807, 2.05) is 12.1 Å². The highest BCUT2D eigenvalue weighted by Gasteiger charge is 2.22. The summed E-state index contributed by atoms with van der Waals surface area (Å²) in [5.41, 5.74) is 2.60. The molecule has 0 bridgehead atoms. The molecule has 31 heavy (non-hydrogen) atoms. The number of ether oxygens (including phenoxy) is 1. The summed E-state index contributed by atoms with van der Waals surface area (Å²) < 4.78 is 20.8. The van der Waals surface area contributed by atoms with Gasteiger partial charge in [-0.15, -0.1) is 0 Å². The highest BCUT2D eigenvalue weighted by molar-refractivity contribution is 5.76. The van der Waals surface area contributed by atoms with Gasteiger partial charge in [0.15, 0.2) is 11.5 Å². The summed E-state index contributed by atoms with van der Waals surface area (Å²) in [5.74, 6) is 0.501. The molecule has 1 aromatic carbocycles. The lowest BCUT2D eigenvalue weighted by Crippen LogP contribution is -2.32. The first-order valence-electron chi connectivity index (χ1n) is 11.2. The van der Waals surface area contributed by atoms with E-state index >= 15 is 0 Å². The third-order valence-corrected chi connectivity index (χ3v) is 6.32. The molecular formula is C24H27FN4O2. The van der Waals surface area contributed by atoms with Crippen molar-refractivity contribution in [3.63, 3.8) is 0 Å². The first-order valence-corrected chi connectivity index (χ1v) is 11.2. The van der Waals surface area contributed by atoms with Gasteiger partial charge in [0, 0.05) is 18.7 Å². The first kappa shape index (κ1) is 20.1. The van der Waals surface area contributed by atoms with E-state index in [-0.39, 0.29) is 17.6 Å². The Bertz CT molecular complexity index is 1120. The third-order valence-electron chi connectivity index (χ3n) is 6.32. The van der Waals surface area contributed by atoms with Crippen LogP contribution in [0, 0.1) is 11.7 Å². The molecule has 1 saturated carbocycles. The van der Waals surface area contributed by atoms with Crippen LogP contribution in [-0.2, 0) is 11.3 Å². The van der Waals surface area contributed by atoms with E-state index in [4.69, 9.17) is 9.72 Å². The number of fused-ring (bicyclic) bond motifs is 1. The van der Waals surface area contributed by atoms with Crippen molar-refractivity contribution in [1.82, 2.24) is 14.5 Å². The first-order chi connectivity index (χ1) is 15.2. The number of hydrogen-bond donors (Lipinski definition) is 1. The van der Waals surface area contributed by atoms with Crippen molar-refractivity contribution in [3.05, 3.63) is 52.6 Å². The molecule has 2 fully saturated rings. The van der Waals surface area contributed by atoms with Crippen LogP contribution in [0.2, 0.25) is 0 Å². The predicted molar refractivity (Wildman–Crippen MR) is 118 cm³/mol. The molecule has 7 heteroatoms. The molecule has 1 aliphatic carbocycles. The Morgan fingerprint density at radius 3 is 2.55 bits per heavy atom. The van der Waals surface area contributed by atoms with Gasteiger partial charge in [-0.05, 0) is 68.0 Å². The molecule has 0 spiro atoms. The number of anilines is 1. The summed E-state index contributed by atoms with van der Waals surface area (Å²) >= 11 is 0. The van der Waals surface area contributed by atoms with Crippen molar-refractivity contribution in [2.45, 2.75) is 57.7 Å². The Balaban J connectivity index is 1.58. The molecule has 1 saturated heterocycles. The predicted octanol–water partition coefficient (Wildman–Crippen LogP) is 4.73. The van der Waals surface area contributed by atoms with Crippen molar-refractivity contribution in [2.24, 2.45) is 5.92 Å². The van der Waals surface area contributed by atoms with E-state index in [9.17, 15) is 9.18 Å². The second-order valence-electron chi connectivity index (χ2n) is 8.57. The molecule has 6 nitrogen and oxygen atoms in total. The number of hydrogen-bond acceptors (Lipinski definition) is 5. The minimum atomic E-state index is -0.287. The van der Waals surface area contributed by atoms with E-state index in [1.54, 1.807) is 16.7 Å². The van der Waals surface area contributed by atoms with Gasteiger partial charge in [-0.2, -0.15) is 0 Å². The van der Waals surface area contributed by atoms with Crippen LogP contribution in [-0.4, -0.2) is 27.4 Å². The second kappa shape index (κ2) is 8.75. The largest absolute Gasteiger partial charge is 0.359 e. The lowest BCUT2D eigenvalue weighted by molar-refractivity contribution is 0.131. The lowest BCUT2D eigenvalue weighted by atomic mass is 9.89. The fourth-order valence-corrected chi connectivity index (χ4v) is 4.64. The third kappa shape index (κ3) is 4.32. The second-order valence-corrected chi connectivity index (χ2v) is 8.57. The standard InChI is InChI=1S/C24H27FN4O2/c25-18-10-8-17(9-11-18)19-12-13-20-23(27-19)29(15-16-5-2-1-3-6-16)24(30)22(26-20)28-21-7-4-14-31-21/h8-13,16,21H,1-7,14-15H2,(H,26,28). The van der Waals surface area contributed by atoms with E-state index < -0.39 is 0 Å². The molecule has 0 amide bonds. The van der Waals surface area contributed by atoms with Crippen LogP contribution in [0.3, 0.4) is 0 Å². The monoisotopic (exact) mass is 422 g/mol. The molecule has 1 aliphatic heterocycles. The maximum atomic E-state index is 13.4. The number of nitrogens with zero attached hydrogens (tertiary/aromatic N) is 3. The van der Waals surface area contributed by atoms with E-state index in [2.05, 4.69) is 10.3 Å². The van der Waals surface area contributed by atoms with Gasteiger partial charge in [0.1, 0.15) is 17.6 Å². The molecule has 5 rings (SSSR count). The van der Waals surface area contributed by atoms with Gasteiger partial charge < -0.3 is 10.1 Å². The molecule has 162 valence electrons. The molecule has 1 unspecified atom stereocenters. The maximum Gasteiger partial charge on any atom is 0.295 e. The fraction of sp³-hybridized carbons (Fsp3) is 0.458. The fourth-order valence-electron chi connectivity index (χ4n) is 4.64. The summed E-state index contributed by atoms with van der Waals surface area (Å²) in [6, 6.07) is 10.0. The van der Waals surface area contributed by atoms with Crippen molar-refractivity contribution >= 4 is 17.0 Å². The summed E-state index contributed by atoms with van der Waals surface area (Å²) in [7, 11) is 0. The van der Waals surface area contributed by atoms with Crippen molar-refractivity contribution in [2.75, 3.05) is 11.9 Å². The van der Waals surface area contributed by atoms with Gasteiger partial charge in [-0.3, -0.25) is 9.36 Å². The average molecular weight is 423 g/mol. The van der Waals surface area contributed by atoms with Crippen molar-refractivity contribution in [1.29, 1.82) is 0 Å². The highest BCUT2D eigenvalue weighted by atomic mass is 19.1. The lowest BCUT2D eigenvalue weighted by Gasteiger charge is -2.23. The molecule has 3 heterocycles. The van der Waals surface area contributed by atoms with Gasteiger partial charge in [-0.25, -0.2) is 14.4 Å².